The van der Waals surface area contributed by atoms with E-state index < -0.39 is 5.01 Å². The van der Waals surface area contributed by atoms with E-state index in [-0.39, 0.29) is 0 Å². The van der Waals surface area contributed by atoms with E-state index in [1.165, 1.54) is 0 Å². The van der Waals surface area contributed by atoms with Gasteiger partial charge in [-0.2, -0.15) is 0 Å². The third-order valence-corrected chi connectivity index (χ3v) is 2.10. The fraction of sp³-hybridized carbons (Fsp3) is 0.333. The van der Waals surface area contributed by atoms with Gasteiger partial charge < -0.3 is 10.2 Å². The second-order valence-electron chi connectivity index (χ2n) is 2.60. The van der Waals surface area contributed by atoms with Crippen LogP contribution in [0.2, 0.25) is 0 Å². The first-order valence-corrected chi connectivity index (χ1v) is 4.70. The van der Waals surface area contributed by atoms with E-state index >= 15 is 0 Å². The molecule has 0 radical (unpaired) electrons. The number of aryl methyl sites for hydroxylation is 1. The summed E-state index contributed by atoms with van der Waals surface area (Å²) in [6, 6.07) is 7.15. The molecule has 0 amide bonds. The molecule has 2 nitrogen and oxygen atoms in total. The van der Waals surface area contributed by atoms with Crippen LogP contribution < -0.4 is 0 Å². The van der Waals surface area contributed by atoms with Gasteiger partial charge in [0.15, 0.2) is 0 Å². The van der Waals surface area contributed by atoms with Gasteiger partial charge in [-0.3, -0.25) is 0 Å². The zero-order chi connectivity index (χ0) is 8.97. The molecule has 2 N–H and O–H groups in total. The summed E-state index contributed by atoms with van der Waals surface area (Å²) in [5, 5.41) is 17.8. The number of phenols is 1. The maximum absolute atomic E-state index is 9.33. The molecule has 0 aromatic heterocycles. The first-order chi connectivity index (χ1) is 5.70. The van der Waals surface area contributed by atoms with Crippen LogP contribution in [0.4, 0.5) is 0 Å². The Hall–Kier alpha value is -0.540. The number of phenolic OH excluding ortho intramolecular Hbond substituents is 1. The normalized spacial score (nSPS) is 12.8. The lowest BCUT2D eigenvalue weighted by atomic mass is 10.1. The van der Waals surface area contributed by atoms with Crippen molar-refractivity contribution in [3.8, 4) is 5.75 Å². The number of para-hydroxylation sites is 1. The Labute approximate surface area is 80.0 Å². The minimum absolute atomic E-state index is 0.297. The second-order valence-corrected chi connectivity index (χ2v) is 3.66. The third-order valence-electron chi connectivity index (χ3n) is 1.64. The molecule has 12 heavy (non-hydrogen) atoms. The first-order valence-electron chi connectivity index (χ1n) is 3.79. The van der Waals surface area contributed by atoms with Crippen molar-refractivity contribution in [2.75, 3.05) is 0 Å². The van der Waals surface area contributed by atoms with Gasteiger partial charge in [-0.1, -0.05) is 34.1 Å². The zero-order valence-corrected chi connectivity index (χ0v) is 8.16. The van der Waals surface area contributed by atoms with E-state index in [0.717, 1.165) is 5.56 Å². The van der Waals surface area contributed by atoms with Crippen molar-refractivity contribution in [2.45, 2.75) is 17.9 Å². The molecule has 0 bridgehead atoms. The molecule has 0 saturated heterocycles. The maximum atomic E-state index is 9.33. The SMILES string of the molecule is Oc1ccccc1CC[C@H](O)Br. The number of benzene rings is 1. The van der Waals surface area contributed by atoms with Gasteiger partial charge in [0, 0.05) is 0 Å². The molecule has 0 fully saturated rings. The van der Waals surface area contributed by atoms with E-state index in [9.17, 15) is 5.11 Å². The largest absolute Gasteiger partial charge is 0.508 e. The minimum atomic E-state index is -0.489. The van der Waals surface area contributed by atoms with Crippen LogP contribution in [-0.4, -0.2) is 15.2 Å². The Morgan fingerprint density at radius 2 is 2.00 bits per heavy atom. The minimum Gasteiger partial charge on any atom is -0.508 e. The number of halogens is 1. The average Bonchev–Trinajstić information content (AvgIpc) is 2.03. The topological polar surface area (TPSA) is 40.5 Å². The first kappa shape index (κ1) is 9.55. The number of alkyl halides is 1. The molecule has 0 heterocycles. The van der Waals surface area contributed by atoms with Gasteiger partial charge in [0.2, 0.25) is 0 Å². The number of rotatable bonds is 3. The number of hydrogen-bond acceptors (Lipinski definition) is 2. The number of hydrogen-bond donors (Lipinski definition) is 2. The quantitative estimate of drug-likeness (QED) is 0.781. The molecule has 0 aliphatic heterocycles. The van der Waals surface area contributed by atoms with Crippen LogP contribution in [0.5, 0.6) is 5.75 Å². The average molecular weight is 231 g/mol. The molecule has 0 unspecified atom stereocenters. The fourth-order valence-corrected chi connectivity index (χ4v) is 1.23. The summed E-state index contributed by atoms with van der Waals surface area (Å²) in [6.45, 7) is 0. The Morgan fingerprint density at radius 1 is 1.33 bits per heavy atom. The molecule has 66 valence electrons. The van der Waals surface area contributed by atoms with Crippen molar-refractivity contribution in [3.05, 3.63) is 29.8 Å². The smallest absolute Gasteiger partial charge is 0.118 e. The molecule has 1 atom stereocenters. The Balaban J connectivity index is 2.57. The van der Waals surface area contributed by atoms with Crippen LogP contribution in [0.3, 0.4) is 0 Å². The highest BCUT2D eigenvalue weighted by Crippen LogP contribution is 2.18. The Bertz CT molecular complexity index is 248. The van der Waals surface area contributed by atoms with Gasteiger partial charge in [-0.05, 0) is 24.5 Å². The van der Waals surface area contributed by atoms with E-state index in [1.807, 2.05) is 12.1 Å². The molecule has 1 aromatic carbocycles. The number of aliphatic hydroxyl groups is 1. The summed E-state index contributed by atoms with van der Waals surface area (Å²) < 4.78 is 0. The van der Waals surface area contributed by atoms with Crippen LogP contribution in [-0.2, 0) is 6.42 Å². The van der Waals surface area contributed by atoms with Gasteiger partial charge in [0.1, 0.15) is 10.8 Å². The van der Waals surface area contributed by atoms with Gasteiger partial charge in [-0.25, -0.2) is 0 Å². The van der Waals surface area contributed by atoms with Gasteiger partial charge in [-0.15, -0.1) is 0 Å². The molecule has 1 rings (SSSR count). The summed E-state index contributed by atoms with van der Waals surface area (Å²) in [6.07, 6.45) is 1.29. The lowest BCUT2D eigenvalue weighted by Gasteiger charge is -2.04. The molecule has 0 aliphatic carbocycles. The molecular weight excluding hydrogens is 220 g/mol. The molecule has 3 heteroatoms. The summed E-state index contributed by atoms with van der Waals surface area (Å²) >= 11 is 3.03. The highest BCUT2D eigenvalue weighted by atomic mass is 79.9. The Kier molecular flexibility index (Phi) is 3.56. The maximum Gasteiger partial charge on any atom is 0.118 e. The lowest BCUT2D eigenvalue weighted by molar-refractivity contribution is 0.259. The predicted octanol–water partition coefficient (Wildman–Crippen LogP) is 2.04. The van der Waals surface area contributed by atoms with Crippen LogP contribution in [0.25, 0.3) is 0 Å². The molecule has 0 saturated carbocycles. The highest BCUT2D eigenvalue weighted by molar-refractivity contribution is 9.09. The predicted molar refractivity (Wildman–Crippen MR) is 51.4 cm³/mol. The summed E-state index contributed by atoms with van der Waals surface area (Å²) in [5.41, 5.74) is 0.871. The number of aromatic hydroxyl groups is 1. The molecule has 0 aliphatic rings. The van der Waals surface area contributed by atoms with Gasteiger partial charge >= 0.3 is 0 Å². The second kappa shape index (κ2) is 4.48. The van der Waals surface area contributed by atoms with Crippen molar-refractivity contribution in [1.29, 1.82) is 0 Å². The molecule has 1 aromatic rings. The van der Waals surface area contributed by atoms with Gasteiger partial charge in [0.25, 0.3) is 0 Å². The van der Waals surface area contributed by atoms with E-state index in [1.54, 1.807) is 12.1 Å². The van der Waals surface area contributed by atoms with Crippen molar-refractivity contribution in [3.63, 3.8) is 0 Å². The zero-order valence-electron chi connectivity index (χ0n) is 6.57. The van der Waals surface area contributed by atoms with Crippen molar-refractivity contribution in [1.82, 2.24) is 0 Å². The van der Waals surface area contributed by atoms with E-state index in [4.69, 9.17) is 5.11 Å². The van der Waals surface area contributed by atoms with E-state index in [0.29, 0.717) is 18.6 Å². The fourth-order valence-electron chi connectivity index (χ4n) is 0.997. The lowest BCUT2D eigenvalue weighted by Crippen LogP contribution is -1.97. The summed E-state index contributed by atoms with van der Waals surface area (Å²) in [7, 11) is 0. The summed E-state index contributed by atoms with van der Waals surface area (Å²) in [4.78, 5) is 0. The number of aliphatic hydroxyl groups excluding tert-OH is 1. The van der Waals surface area contributed by atoms with E-state index in [2.05, 4.69) is 15.9 Å². The Morgan fingerprint density at radius 3 is 2.58 bits per heavy atom. The van der Waals surface area contributed by atoms with Gasteiger partial charge in [0.05, 0.1) is 0 Å². The third kappa shape index (κ3) is 2.83. The summed E-state index contributed by atoms with van der Waals surface area (Å²) in [5.74, 6) is 0.297. The van der Waals surface area contributed by atoms with Crippen molar-refractivity contribution < 1.29 is 10.2 Å². The molecular formula is C9H11BrO2. The molecule has 0 spiro atoms. The van der Waals surface area contributed by atoms with Crippen LogP contribution in [0, 0.1) is 0 Å². The van der Waals surface area contributed by atoms with Crippen molar-refractivity contribution in [2.24, 2.45) is 0 Å². The van der Waals surface area contributed by atoms with Crippen LogP contribution in [0.1, 0.15) is 12.0 Å². The standard InChI is InChI=1S/C9H11BrO2/c10-9(12)6-5-7-3-1-2-4-8(7)11/h1-4,9,11-12H,5-6H2/t9-/m0/s1. The van der Waals surface area contributed by atoms with Crippen molar-refractivity contribution >= 4 is 15.9 Å². The highest BCUT2D eigenvalue weighted by Gasteiger charge is 2.02. The van der Waals surface area contributed by atoms with Crippen LogP contribution >= 0.6 is 15.9 Å². The monoisotopic (exact) mass is 230 g/mol. The van der Waals surface area contributed by atoms with Crippen LogP contribution in [0.15, 0.2) is 24.3 Å².